The normalized spacial score (nSPS) is 48.4. The maximum Gasteiger partial charge on any atom is 0.124 e. The largest absolute Gasteiger partial charge is 0.389 e. The molecule has 1 aliphatic rings. The van der Waals surface area contributed by atoms with Crippen LogP contribution < -0.4 is 5.32 Å². The number of nitrogens with one attached hydrogen (secondary N) is 1. The van der Waals surface area contributed by atoms with E-state index in [9.17, 15) is 15.3 Å². The lowest BCUT2D eigenvalue weighted by molar-refractivity contribution is -0.102. The summed E-state index contributed by atoms with van der Waals surface area (Å²) in [6.07, 6.45) is -3.49. The van der Waals surface area contributed by atoms with Gasteiger partial charge in [-0.1, -0.05) is 0 Å². The van der Waals surface area contributed by atoms with Gasteiger partial charge in [0.2, 0.25) is 0 Å². The highest BCUT2D eigenvalue weighted by Gasteiger charge is 2.40. The molecule has 0 bridgehead atoms. The lowest BCUT2D eigenvalue weighted by Crippen LogP contribution is -2.63. The van der Waals surface area contributed by atoms with Crippen molar-refractivity contribution in [1.82, 2.24) is 5.32 Å². The smallest absolute Gasteiger partial charge is 0.124 e. The van der Waals surface area contributed by atoms with Crippen LogP contribution in [0, 0.1) is 11.3 Å². The lowest BCUT2D eigenvalue weighted by atomic mass is 9.92. The molecule has 0 spiro atoms. The maximum atomic E-state index is 9.25. The van der Waals surface area contributed by atoms with Gasteiger partial charge >= 0.3 is 0 Å². The third-order valence-corrected chi connectivity index (χ3v) is 2.14. The summed E-state index contributed by atoms with van der Waals surface area (Å²) >= 11 is 0. The Labute approximate surface area is 70.2 Å². The van der Waals surface area contributed by atoms with E-state index in [4.69, 9.17) is 5.26 Å². The van der Waals surface area contributed by atoms with E-state index < -0.39 is 24.4 Å². The van der Waals surface area contributed by atoms with Crippen molar-refractivity contribution >= 4 is 0 Å². The fourth-order valence-corrected chi connectivity index (χ4v) is 1.29. The molecule has 68 valence electrons. The zero-order valence-corrected chi connectivity index (χ0v) is 6.68. The Hall–Kier alpha value is -0.670. The highest BCUT2D eigenvalue weighted by molar-refractivity contribution is 5.06. The molecule has 5 nitrogen and oxygen atoms in total. The van der Waals surface area contributed by atoms with Crippen molar-refractivity contribution in [3.8, 4) is 6.07 Å². The van der Waals surface area contributed by atoms with Gasteiger partial charge in [0, 0.05) is 6.04 Å². The van der Waals surface area contributed by atoms with E-state index in [1.165, 1.54) is 0 Å². The first kappa shape index (κ1) is 9.42. The van der Waals surface area contributed by atoms with E-state index in [0.717, 1.165) is 0 Å². The molecule has 0 saturated carbocycles. The van der Waals surface area contributed by atoms with Crippen molar-refractivity contribution in [3.05, 3.63) is 0 Å². The van der Waals surface area contributed by atoms with Crippen LogP contribution in [-0.2, 0) is 0 Å². The molecule has 0 aromatic rings. The second-order valence-electron chi connectivity index (χ2n) is 3.03. The quantitative estimate of drug-likeness (QED) is 0.337. The monoisotopic (exact) mass is 172 g/mol. The predicted molar refractivity (Wildman–Crippen MR) is 40.0 cm³/mol. The minimum absolute atomic E-state index is 0.381. The Morgan fingerprint density at radius 2 is 1.75 bits per heavy atom. The van der Waals surface area contributed by atoms with Crippen LogP contribution in [0.25, 0.3) is 0 Å². The molecule has 0 aromatic heterocycles. The van der Waals surface area contributed by atoms with E-state index in [0.29, 0.717) is 0 Å². The van der Waals surface area contributed by atoms with Gasteiger partial charge in [0.15, 0.2) is 0 Å². The molecule has 1 heterocycles. The third kappa shape index (κ3) is 1.42. The summed E-state index contributed by atoms with van der Waals surface area (Å²) in [4.78, 5) is 0. The second-order valence-corrected chi connectivity index (χ2v) is 3.03. The summed E-state index contributed by atoms with van der Waals surface area (Å²) in [5.74, 6) is 0. The van der Waals surface area contributed by atoms with Crippen LogP contribution in [0.2, 0.25) is 0 Å². The van der Waals surface area contributed by atoms with Crippen molar-refractivity contribution < 1.29 is 15.3 Å². The first-order valence-electron chi connectivity index (χ1n) is 3.77. The van der Waals surface area contributed by atoms with E-state index in [2.05, 4.69) is 5.32 Å². The van der Waals surface area contributed by atoms with Crippen LogP contribution in [-0.4, -0.2) is 45.7 Å². The molecular weight excluding hydrogens is 160 g/mol. The van der Waals surface area contributed by atoms with Gasteiger partial charge in [-0.2, -0.15) is 5.26 Å². The third-order valence-electron chi connectivity index (χ3n) is 2.14. The summed E-state index contributed by atoms with van der Waals surface area (Å²) in [5.41, 5.74) is 0. The molecule has 0 aliphatic carbocycles. The molecule has 0 amide bonds. The summed E-state index contributed by atoms with van der Waals surface area (Å²) in [5, 5.41) is 38.9. The molecular formula is C7H12N2O3. The molecule has 1 saturated heterocycles. The Balaban J connectivity index is 2.72. The van der Waals surface area contributed by atoms with Crippen molar-refractivity contribution in [2.75, 3.05) is 0 Å². The molecule has 0 radical (unpaired) electrons. The Morgan fingerprint density at radius 3 is 2.25 bits per heavy atom. The topological polar surface area (TPSA) is 96.5 Å². The molecule has 0 aromatic carbocycles. The summed E-state index contributed by atoms with van der Waals surface area (Å²) in [6.45, 7) is 1.64. The number of rotatable bonds is 0. The Bertz CT molecular complexity index is 203. The summed E-state index contributed by atoms with van der Waals surface area (Å²) in [6, 6.07) is 0.614. The second kappa shape index (κ2) is 3.37. The first-order chi connectivity index (χ1) is 5.57. The van der Waals surface area contributed by atoms with Crippen LogP contribution in [0.1, 0.15) is 6.92 Å². The van der Waals surface area contributed by atoms with Crippen LogP contribution in [0.5, 0.6) is 0 Å². The van der Waals surface area contributed by atoms with Gasteiger partial charge in [-0.05, 0) is 6.92 Å². The predicted octanol–water partition coefficient (Wildman–Crippen LogP) is -2.05. The molecule has 1 fully saturated rings. The van der Waals surface area contributed by atoms with Gasteiger partial charge in [0.1, 0.15) is 18.2 Å². The van der Waals surface area contributed by atoms with E-state index in [1.807, 2.05) is 0 Å². The van der Waals surface area contributed by atoms with Gasteiger partial charge in [0.05, 0.1) is 12.2 Å². The average Bonchev–Trinajstić information content (AvgIpc) is 2.08. The van der Waals surface area contributed by atoms with Gasteiger partial charge in [-0.25, -0.2) is 0 Å². The van der Waals surface area contributed by atoms with E-state index in [1.54, 1.807) is 13.0 Å². The lowest BCUT2D eigenvalue weighted by Gasteiger charge is -2.37. The number of hydrogen-bond acceptors (Lipinski definition) is 5. The van der Waals surface area contributed by atoms with Crippen molar-refractivity contribution in [3.63, 3.8) is 0 Å². The fraction of sp³-hybridized carbons (Fsp3) is 0.857. The molecule has 1 rings (SSSR count). The molecule has 4 N–H and O–H groups in total. The SMILES string of the molecule is C[C@H]1N[C@H](C#N)[C@H](O)[C@@H](O)[C@@H]1O. The van der Waals surface area contributed by atoms with Crippen molar-refractivity contribution in [1.29, 1.82) is 5.26 Å². The fourth-order valence-electron chi connectivity index (χ4n) is 1.29. The molecule has 0 unspecified atom stereocenters. The summed E-state index contributed by atoms with van der Waals surface area (Å²) < 4.78 is 0. The number of piperidine rings is 1. The number of nitrogens with zero attached hydrogens (tertiary/aromatic N) is 1. The van der Waals surface area contributed by atoms with Crippen LogP contribution in [0.15, 0.2) is 0 Å². The number of aliphatic hydroxyl groups excluding tert-OH is 3. The van der Waals surface area contributed by atoms with Gasteiger partial charge in [-0.3, -0.25) is 5.32 Å². The van der Waals surface area contributed by atoms with Crippen LogP contribution >= 0.6 is 0 Å². The standard InChI is InChI=1S/C7H12N2O3/c1-3-5(10)7(12)6(11)4(2-8)9-3/h3-7,9-12H,1H3/t3-,4-,5-,6+,7+/m1/s1. The molecule has 5 atom stereocenters. The van der Waals surface area contributed by atoms with Crippen molar-refractivity contribution in [2.24, 2.45) is 0 Å². The first-order valence-corrected chi connectivity index (χ1v) is 3.77. The number of nitriles is 1. The minimum Gasteiger partial charge on any atom is -0.389 e. The zero-order valence-electron chi connectivity index (χ0n) is 6.68. The maximum absolute atomic E-state index is 9.25. The average molecular weight is 172 g/mol. The highest BCUT2D eigenvalue weighted by Crippen LogP contribution is 2.14. The Morgan fingerprint density at radius 1 is 1.17 bits per heavy atom. The molecule has 12 heavy (non-hydrogen) atoms. The zero-order chi connectivity index (χ0) is 9.30. The molecule has 1 aliphatic heterocycles. The van der Waals surface area contributed by atoms with Crippen LogP contribution in [0.3, 0.4) is 0 Å². The Kier molecular flexibility index (Phi) is 2.65. The van der Waals surface area contributed by atoms with Gasteiger partial charge in [-0.15, -0.1) is 0 Å². The molecule has 5 heteroatoms. The van der Waals surface area contributed by atoms with E-state index in [-0.39, 0.29) is 6.04 Å². The minimum atomic E-state index is -1.24. The highest BCUT2D eigenvalue weighted by atomic mass is 16.4. The van der Waals surface area contributed by atoms with Gasteiger partial charge < -0.3 is 15.3 Å². The number of aliphatic hydroxyl groups is 3. The van der Waals surface area contributed by atoms with E-state index >= 15 is 0 Å². The van der Waals surface area contributed by atoms with Crippen molar-refractivity contribution in [2.45, 2.75) is 37.3 Å². The summed E-state index contributed by atoms with van der Waals surface area (Å²) in [7, 11) is 0. The van der Waals surface area contributed by atoms with Crippen LogP contribution in [0.4, 0.5) is 0 Å². The number of hydrogen-bond donors (Lipinski definition) is 4. The van der Waals surface area contributed by atoms with Gasteiger partial charge in [0.25, 0.3) is 0 Å².